The first-order valence-electron chi connectivity index (χ1n) is 7.62. The second kappa shape index (κ2) is 9.19. The maximum Gasteiger partial charge on any atom is 0.307 e. The number of aliphatic carboxylic acids is 2. The van der Waals surface area contributed by atoms with E-state index in [0.717, 1.165) is 0 Å². The highest BCUT2D eigenvalue weighted by Crippen LogP contribution is 2.35. The van der Waals surface area contributed by atoms with Crippen molar-refractivity contribution >= 4 is 23.5 Å². The molecular weight excluding hydrogens is 304 g/mol. The molecule has 0 aromatic carbocycles. The van der Waals surface area contributed by atoms with E-state index in [2.05, 4.69) is 0 Å². The molecule has 0 spiro atoms. The monoisotopic (exact) mass is 326 g/mol. The number of ketones is 2. The van der Waals surface area contributed by atoms with Gasteiger partial charge in [-0.2, -0.15) is 0 Å². The molecule has 1 aliphatic rings. The molecule has 0 saturated heterocycles. The highest BCUT2D eigenvalue weighted by atomic mass is 16.4. The van der Waals surface area contributed by atoms with Crippen LogP contribution in [0.1, 0.15) is 44.9 Å². The fraction of sp³-hybridized carbons (Fsp3) is 0.625. The molecule has 1 rings (SSSR count). The van der Waals surface area contributed by atoms with Crippen molar-refractivity contribution in [2.75, 3.05) is 0 Å². The lowest BCUT2D eigenvalue weighted by molar-refractivity contribution is -0.138. The van der Waals surface area contributed by atoms with Gasteiger partial charge in [-0.25, -0.2) is 0 Å². The third-order valence-electron chi connectivity index (χ3n) is 4.05. The van der Waals surface area contributed by atoms with E-state index in [1.165, 1.54) is 6.08 Å². The molecule has 7 heteroatoms. The summed E-state index contributed by atoms with van der Waals surface area (Å²) in [5, 5.41) is 27.0. The molecule has 7 nitrogen and oxygen atoms in total. The van der Waals surface area contributed by atoms with Crippen LogP contribution in [-0.2, 0) is 19.2 Å². The highest BCUT2D eigenvalue weighted by Gasteiger charge is 2.40. The summed E-state index contributed by atoms with van der Waals surface area (Å²) in [7, 11) is 0. The van der Waals surface area contributed by atoms with Crippen LogP contribution in [0.2, 0.25) is 0 Å². The number of carbonyl (C=O) groups is 4. The topological polar surface area (TPSA) is 129 Å². The van der Waals surface area contributed by atoms with Gasteiger partial charge in [0.05, 0.1) is 18.9 Å². The Morgan fingerprint density at radius 3 is 2.35 bits per heavy atom. The summed E-state index contributed by atoms with van der Waals surface area (Å²) in [5.41, 5.74) is 0. The number of aliphatic hydroxyl groups excluding tert-OH is 1. The Morgan fingerprint density at radius 2 is 1.74 bits per heavy atom. The van der Waals surface area contributed by atoms with Crippen molar-refractivity contribution in [3.05, 3.63) is 12.2 Å². The predicted molar refractivity (Wildman–Crippen MR) is 79.7 cm³/mol. The van der Waals surface area contributed by atoms with Crippen LogP contribution in [0.5, 0.6) is 0 Å². The van der Waals surface area contributed by atoms with Gasteiger partial charge in [0.15, 0.2) is 0 Å². The maximum atomic E-state index is 11.9. The molecular formula is C16H22O7. The number of Topliss-reactive ketones (excluding diaryl/α,β-unsaturated/α-hetero) is 2. The van der Waals surface area contributed by atoms with Gasteiger partial charge in [-0.3, -0.25) is 19.2 Å². The Kier molecular flexibility index (Phi) is 7.61. The first-order chi connectivity index (χ1) is 10.8. The van der Waals surface area contributed by atoms with E-state index in [0.29, 0.717) is 12.8 Å². The van der Waals surface area contributed by atoms with E-state index in [-0.39, 0.29) is 49.6 Å². The number of carbonyl (C=O) groups excluding carboxylic acids is 2. The second-order valence-electron chi connectivity index (χ2n) is 5.78. The smallest absolute Gasteiger partial charge is 0.307 e. The van der Waals surface area contributed by atoms with Gasteiger partial charge in [-0.1, -0.05) is 12.2 Å². The summed E-state index contributed by atoms with van der Waals surface area (Å²) < 4.78 is 0. The zero-order valence-corrected chi connectivity index (χ0v) is 12.8. The number of rotatable bonds is 10. The molecule has 0 bridgehead atoms. The lowest BCUT2D eigenvalue weighted by Gasteiger charge is -2.19. The zero-order chi connectivity index (χ0) is 17.4. The quantitative estimate of drug-likeness (QED) is 0.514. The fourth-order valence-corrected chi connectivity index (χ4v) is 2.84. The van der Waals surface area contributed by atoms with Crippen LogP contribution in [0.25, 0.3) is 0 Å². The minimum Gasteiger partial charge on any atom is -0.481 e. The van der Waals surface area contributed by atoms with E-state index in [1.807, 2.05) is 0 Å². The van der Waals surface area contributed by atoms with Crippen LogP contribution in [0, 0.1) is 11.8 Å². The maximum absolute atomic E-state index is 11.9. The normalized spacial score (nSPS) is 24.2. The van der Waals surface area contributed by atoms with Gasteiger partial charge in [0, 0.05) is 25.2 Å². The van der Waals surface area contributed by atoms with Crippen molar-refractivity contribution < 1.29 is 34.5 Å². The Balaban J connectivity index is 2.50. The third kappa shape index (κ3) is 6.73. The van der Waals surface area contributed by atoms with E-state index in [9.17, 15) is 24.3 Å². The van der Waals surface area contributed by atoms with Gasteiger partial charge in [0.25, 0.3) is 0 Å². The zero-order valence-electron chi connectivity index (χ0n) is 12.8. The summed E-state index contributed by atoms with van der Waals surface area (Å²) in [4.78, 5) is 44.4. The number of carboxylic acid groups (broad SMARTS) is 2. The van der Waals surface area contributed by atoms with Gasteiger partial charge in [-0.05, 0) is 18.8 Å². The van der Waals surface area contributed by atoms with Gasteiger partial charge >= 0.3 is 11.9 Å². The summed E-state index contributed by atoms with van der Waals surface area (Å²) in [6.07, 6.45) is 2.79. The Morgan fingerprint density at radius 1 is 1.04 bits per heavy atom. The standard InChI is InChI=1S/C16H22O7/c17-10(6-8-16(22)23)5-7-12-11(13(18)9-14(12)19)3-1-2-4-15(20)21/h1-2,11-13,18H,3-9H2,(H,20,21)(H,22,23)/t11-,12-,13+/m1/s1. The van der Waals surface area contributed by atoms with Crippen molar-refractivity contribution in [2.45, 2.75) is 51.0 Å². The molecule has 3 N–H and O–H groups in total. The van der Waals surface area contributed by atoms with E-state index < -0.39 is 24.0 Å². The molecule has 23 heavy (non-hydrogen) atoms. The average molecular weight is 326 g/mol. The predicted octanol–water partition coefficient (Wildman–Crippen LogP) is 1.19. The average Bonchev–Trinajstić information content (AvgIpc) is 2.72. The molecule has 1 saturated carbocycles. The summed E-state index contributed by atoms with van der Waals surface area (Å²) in [6.45, 7) is 0. The molecule has 1 fully saturated rings. The number of allylic oxidation sites excluding steroid dienone is 1. The SMILES string of the molecule is O=C(O)CC=CC[C@H]1[C@@H](O)CC(=O)[C@@H]1CCC(=O)CCC(=O)O. The summed E-state index contributed by atoms with van der Waals surface area (Å²) in [5.74, 6) is -3.05. The number of hydrogen-bond donors (Lipinski definition) is 3. The van der Waals surface area contributed by atoms with Crippen molar-refractivity contribution in [2.24, 2.45) is 11.8 Å². The fourth-order valence-electron chi connectivity index (χ4n) is 2.84. The van der Waals surface area contributed by atoms with E-state index in [4.69, 9.17) is 10.2 Å². The van der Waals surface area contributed by atoms with Gasteiger partial charge in [0.2, 0.25) is 0 Å². The Bertz CT molecular complexity index is 495. The Labute approximate surface area is 134 Å². The molecule has 1 aliphatic carbocycles. The first kappa shape index (κ1) is 19.0. The lowest BCUT2D eigenvalue weighted by Crippen LogP contribution is -2.21. The van der Waals surface area contributed by atoms with Crippen molar-refractivity contribution in [1.82, 2.24) is 0 Å². The molecule has 0 unspecified atom stereocenters. The van der Waals surface area contributed by atoms with E-state index >= 15 is 0 Å². The van der Waals surface area contributed by atoms with Crippen LogP contribution >= 0.6 is 0 Å². The number of hydrogen-bond acceptors (Lipinski definition) is 5. The number of aliphatic hydroxyl groups is 1. The summed E-state index contributed by atoms with van der Waals surface area (Å²) >= 11 is 0. The van der Waals surface area contributed by atoms with Crippen LogP contribution in [0.4, 0.5) is 0 Å². The van der Waals surface area contributed by atoms with Crippen molar-refractivity contribution in [3.8, 4) is 0 Å². The molecule has 0 aromatic heterocycles. The minimum absolute atomic E-state index is 0.0470. The van der Waals surface area contributed by atoms with Crippen molar-refractivity contribution in [1.29, 1.82) is 0 Å². The van der Waals surface area contributed by atoms with E-state index in [1.54, 1.807) is 6.08 Å². The molecule has 128 valence electrons. The summed E-state index contributed by atoms with van der Waals surface area (Å²) in [6, 6.07) is 0. The second-order valence-corrected chi connectivity index (χ2v) is 5.78. The van der Waals surface area contributed by atoms with Crippen LogP contribution in [0.15, 0.2) is 12.2 Å². The molecule has 0 aliphatic heterocycles. The van der Waals surface area contributed by atoms with Crippen molar-refractivity contribution in [3.63, 3.8) is 0 Å². The Hall–Kier alpha value is -2.02. The van der Waals surface area contributed by atoms with Crippen LogP contribution in [-0.4, -0.2) is 44.9 Å². The minimum atomic E-state index is -1.04. The first-order valence-corrected chi connectivity index (χ1v) is 7.62. The molecule has 0 radical (unpaired) electrons. The lowest BCUT2D eigenvalue weighted by atomic mass is 9.86. The highest BCUT2D eigenvalue weighted by molar-refractivity contribution is 5.86. The third-order valence-corrected chi connectivity index (χ3v) is 4.05. The van der Waals surface area contributed by atoms with Gasteiger partial charge < -0.3 is 15.3 Å². The molecule has 0 amide bonds. The number of carboxylic acids is 2. The van der Waals surface area contributed by atoms with Crippen LogP contribution < -0.4 is 0 Å². The largest absolute Gasteiger partial charge is 0.481 e. The van der Waals surface area contributed by atoms with Gasteiger partial charge in [-0.15, -0.1) is 0 Å². The van der Waals surface area contributed by atoms with Crippen LogP contribution in [0.3, 0.4) is 0 Å². The molecule has 0 heterocycles. The molecule has 3 atom stereocenters. The molecule has 0 aromatic rings. The van der Waals surface area contributed by atoms with Gasteiger partial charge in [0.1, 0.15) is 11.6 Å².